The van der Waals surface area contributed by atoms with Crippen LogP contribution in [0.1, 0.15) is 12.0 Å². The second-order valence-electron chi connectivity index (χ2n) is 4.56. The lowest BCUT2D eigenvalue weighted by molar-refractivity contribution is -0.123. The van der Waals surface area contributed by atoms with E-state index in [9.17, 15) is 9.59 Å². The van der Waals surface area contributed by atoms with Crippen LogP contribution in [0.3, 0.4) is 0 Å². The predicted octanol–water partition coefficient (Wildman–Crippen LogP) is 3.83. The average Bonchev–Trinajstić information content (AvgIpc) is 2.51. The molecule has 0 aliphatic carbocycles. The molecule has 2 amide bonds. The van der Waals surface area contributed by atoms with Crippen molar-refractivity contribution in [2.45, 2.75) is 6.42 Å². The van der Waals surface area contributed by atoms with Crippen LogP contribution in [0.4, 0.5) is 11.4 Å². The Morgan fingerprint density at radius 1 is 1.00 bits per heavy atom. The van der Waals surface area contributed by atoms with E-state index in [4.69, 9.17) is 28.5 Å². The highest BCUT2D eigenvalue weighted by molar-refractivity contribution is 6.42. The first-order valence-electron chi connectivity index (χ1n) is 6.53. The summed E-state index contributed by atoms with van der Waals surface area (Å²) < 4.78 is 0. The Hall–Kier alpha value is -2.55. The highest BCUT2D eigenvalue weighted by atomic mass is 35.5. The Balaban J connectivity index is 1.96. The van der Waals surface area contributed by atoms with Crippen LogP contribution in [0.2, 0.25) is 10.0 Å². The second-order valence-corrected chi connectivity index (χ2v) is 5.37. The van der Waals surface area contributed by atoms with Gasteiger partial charge in [0.2, 0.25) is 11.8 Å². The number of amides is 2. The van der Waals surface area contributed by atoms with Gasteiger partial charge in [0.1, 0.15) is 12.5 Å². The van der Waals surface area contributed by atoms with Gasteiger partial charge >= 0.3 is 0 Å². The van der Waals surface area contributed by atoms with Gasteiger partial charge in [-0.1, -0.05) is 35.3 Å². The molecular weight excluding hydrogens is 337 g/mol. The summed E-state index contributed by atoms with van der Waals surface area (Å²) in [6.45, 7) is 0. The summed E-state index contributed by atoms with van der Waals surface area (Å²) in [6.07, 6.45) is -0.389. The van der Waals surface area contributed by atoms with Gasteiger partial charge in [-0.05, 0) is 30.3 Å². The fourth-order valence-corrected chi connectivity index (χ4v) is 2.11. The number of carbonyl (C=O) groups excluding carboxylic acids is 2. The number of carbonyl (C=O) groups is 2. The molecule has 0 aromatic heterocycles. The van der Waals surface area contributed by atoms with Crippen molar-refractivity contribution >= 4 is 46.4 Å². The molecule has 0 saturated carbocycles. The second kappa shape index (κ2) is 7.63. The fraction of sp³-hybridized carbons (Fsp3) is 0.0625. The van der Waals surface area contributed by atoms with Crippen LogP contribution in [0.25, 0.3) is 0 Å². The molecule has 0 atom stereocenters. The van der Waals surface area contributed by atoms with E-state index in [1.165, 1.54) is 6.07 Å². The van der Waals surface area contributed by atoms with Gasteiger partial charge in [0, 0.05) is 5.69 Å². The van der Waals surface area contributed by atoms with E-state index in [1.807, 2.05) is 6.07 Å². The molecule has 0 radical (unpaired) electrons. The molecule has 23 heavy (non-hydrogen) atoms. The molecule has 2 aromatic rings. The molecule has 2 aromatic carbocycles. The van der Waals surface area contributed by atoms with E-state index >= 15 is 0 Å². The maximum Gasteiger partial charge on any atom is 0.233 e. The van der Waals surface area contributed by atoms with Crippen molar-refractivity contribution < 1.29 is 9.59 Å². The molecule has 0 bridgehead atoms. The van der Waals surface area contributed by atoms with Crippen LogP contribution >= 0.6 is 23.2 Å². The Morgan fingerprint density at radius 3 is 2.39 bits per heavy atom. The normalized spacial score (nSPS) is 9.78. The molecule has 0 saturated heterocycles. The molecule has 2 N–H and O–H groups in total. The Labute approximate surface area is 142 Å². The molecule has 0 aliphatic rings. The third-order valence-corrected chi connectivity index (χ3v) is 3.59. The van der Waals surface area contributed by atoms with Crippen molar-refractivity contribution in [1.82, 2.24) is 0 Å². The van der Waals surface area contributed by atoms with Gasteiger partial charge in [0.25, 0.3) is 0 Å². The van der Waals surface area contributed by atoms with Crippen LogP contribution in [0.5, 0.6) is 0 Å². The number of nitrogens with one attached hydrogen (secondary N) is 2. The standard InChI is InChI=1S/C16H11Cl2N3O2/c17-12-6-5-11(7-13(12)18)20-15(22)8-16(23)21-14-4-2-1-3-10(14)9-19/h1-7H,8H2,(H,20,22)(H,21,23). The van der Waals surface area contributed by atoms with Crippen molar-refractivity contribution in [3.63, 3.8) is 0 Å². The molecule has 0 unspecified atom stereocenters. The first kappa shape index (κ1) is 16.8. The number of anilines is 2. The van der Waals surface area contributed by atoms with E-state index in [0.717, 1.165) is 0 Å². The number of halogens is 2. The summed E-state index contributed by atoms with van der Waals surface area (Å²) >= 11 is 11.6. The third kappa shape index (κ3) is 4.71. The molecule has 7 heteroatoms. The zero-order valence-corrected chi connectivity index (χ0v) is 13.3. The Bertz CT molecular complexity index is 800. The van der Waals surface area contributed by atoms with E-state index in [1.54, 1.807) is 36.4 Å². The van der Waals surface area contributed by atoms with E-state index < -0.39 is 11.8 Å². The SMILES string of the molecule is N#Cc1ccccc1NC(=O)CC(=O)Nc1ccc(Cl)c(Cl)c1. The van der Waals surface area contributed by atoms with E-state index in [2.05, 4.69) is 10.6 Å². The number of nitriles is 1. The van der Waals surface area contributed by atoms with Gasteiger partial charge < -0.3 is 10.6 Å². The minimum absolute atomic E-state index is 0.303. The molecule has 2 rings (SSSR count). The highest BCUT2D eigenvalue weighted by Gasteiger charge is 2.12. The predicted molar refractivity (Wildman–Crippen MR) is 89.5 cm³/mol. The molecule has 0 spiro atoms. The zero-order valence-electron chi connectivity index (χ0n) is 11.8. The molecule has 0 heterocycles. The lowest BCUT2D eigenvalue weighted by atomic mass is 10.2. The van der Waals surface area contributed by atoms with Gasteiger partial charge in [-0.15, -0.1) is 0 Å². The maximum atomic E-state index is 11.9. The summed E-state index contributed by atoms with van der Waals surface area (Å²) in [4.78, 5) is 23.7. The van der Waals surface area contributed by atoms with Crippen LogP contribution in [-0.2, 0) is 9.59 Å². The fourth-order valence-electron chi connectivity index (χ4n) is 1.81. The molecule has 0 aliphatic heterocycles. The van der Waals surface area contributed by atoms with E-state index in [0.29, 0.717) is 27.0 Å². The first-order chi connectivity index (χ1) is 11.0. The number of nitrogens with zero attached hydrogens (tertiary/aromatic N) is 1. The number of hydrogen-bond donors (Lipinski definition) is 2. The van der Waals surface area contributed by atoms with Gasteiger partial charge in [0.15, 0.2) is 0 Å². The smallest absolute Gasteiger partial charge is 0.233 e. The summed E-state index contributed by atoms with van der Waals surface area (Å²) in [5.74, 6) is -1.03. The van der Waals surface area contributed by atoms with Crippen molar-refractivity contribution in [3.05, 3.63) is 58.1 Å². The molecule has 116 valence electrons. The quantitative estimate of drug-likeness (QED) is 0.824. The van der Waals surface area contributed by atoms with Crippen LogP contribution in [0.15, 0.2) is 42.5 Å². The average molecular weight is 348 g/mol. The van der Waals surface area contributed by atoms with Crippen LogP contribution in [0, 0.1) is 11.3 Å². The maximum absolute atomic E-state index is 11.9. The minimum atomic E-state index is -0.523. The molecule has 5 nitrogen and oxygen atoms in total. The third-order valence-electron chi connectivity index (χ3n) is 2.85. The molecular formula is C16H11Cl2N3O2. The van der Waals surface area contributed by atoms with E-state index in [-0.39, 0.29) is 6.42 Å². The van der Waals surface area contributed by atoms with Crippen LogP contribution in [-0.4, -0.2) is 11.8 Å². The highest BCUT2D eigenvalue weighted by Crippen LogP contribution is 2.25. The van der Waals surface area contributed by atoms with Gasteiger partial charge in [-0.2, -0.15) is 5.26 Å². The first-order valence-corrected chi connectivity index (χ1v) is 7.29. The van der Waals surface area contributed by atoms with Crippen molar-refractivity contribution in [3.8, 4) is 6.07 Å². The topological polar surface area (TPSA) is 82.0 Å². The van der Waals surface area contributed by atoms with Crippen molar-refractivity contribution in [2.75, 3.05) is 10.6 Å². The van der Waals surface area contributed by atoms with Crippen molar-refractivity contribution in [1.29, 1.82) is 5.26 Å². The van der Waals surface area contributed by atoms with Gasteiger partial charge in [0.05, 0.1) is 21.3 Å². The summed E-state index contributed by atoms with van der Waals surface area (Å²) in [5.41, 5.74) is 1.13. The zero-order chi connectivity index (χ0) is 16.8. The number of benzene rings is 2. The number of rotatable bonds is 4. The summed E-state index contributed by atoms with van der Waals surface area (Å²) in [7, 11) is 0. The summed E-state index contributed by atoms with van der Waals surface area (Å²) in [6, 6.07) is 13.1. The van der Waals surface area contributed by atoms with Crippen molar-refractivity contribution in [2.24, 2.45) is 0 Å². The lowest BCUT2D eigenvalue weighted by Gasteiger charge is -2.08. The Morgan fingerprint density at radius 2 is 1.70 bits per heavy atom. The Kier molecular flexibility index (Phi) is 5.58. The molecule has 0 fully saturated rings. The number of hydrogen-bond acceptors (Lipinski definition) is 3. The van der Waals surface area contributed by atoms with Gasteiger partial charge in [-0.3, -0.25) is 9.59 Å². The lowest BCUT2D eigenvalue weighted by Crippen LogP contribution is -2.21. The monoisotopic (exact) mass is 347 g/mol. The summed E-state index contributed by atoms with van der Waals surface area (Å²) in [5, 5.41) is 14.7. The largest absolute Gasteiger partial charge is 0.326 e. The number of para-hydroxylation sites is 1. The minimum Gasteiger partial charge on any atom is -0.326 e. The van der Waals surface area contributed by atoms with Gasteiger partial charge in [-0.25, -0.2) is 0 Å². The van der Waals surface area contributed by atoms with Crippen LogP contribution < -0.4 is 10.6 Å².